The Balaban J connectivity index is 1.80. The van der Waals surface area contributed by atoms with Gasteiger partial charge in [0.1, 0.15) is 11.6 Å². The van der Waals surface area contributed by atoms with Crippen molar-refractivity contribution in [1.29, 1.82) is 0 Å². The molecule has 0 spiro atoms. The van der Waals surface area contributed by atoms with Gasteiger partial charge in [-0.3, -0.25) is 4.79 Å². The zero-order valence-electron chi connectivity index (χ0n) is 12.8. The number of aliphatic carboxylic acids is 1. The predicted octanol–water partition coefficient (Wildman–Crippen LogP) is 2.98. The van der Waals surface area contributed by atoms with E-state index in [9.17, 15) is 4.79 Å². The van der Waals surface area contributed by atoms with Crippen LogP contribution in [-0.2, 0) is 17.8 Å². The van der Waals surface area contributed by atoms with Crippen molar-refractivity contribution in [2.24, 2.45) is 5.92 Å². The minimum atomic E-state index is -0.731. The largest absolute Gasteiger partial charge is 0.491 e. The first-order valence-electron chi connectivity index (χ1n) is 7.59. The van der Waals surface area contributed by atoms with Crippen LogP contribution in [0, 0.1) is 5.92 Å². The normalized spacial score (nSPS) is 17.3. The summed E-state index contributed by atoms with van der Waals surface area (Å²) in [6, 6.07) is 7.85. The summed E-state index contributed by atoms with van der Waals surface area (Å²) in [5.41, 5.74) is 1.90. The Labute approximate surface area is 129 Å². The summed E-state index contributed by atoms with van der Waals surface area (Å²) in [5, 5.41) is 9.14. The van der Waals surface area contributed by atoms with Gasteiger partial charge in [-0.25, -0.2) is 4.98 Å². The number of carboxylic acids is 1. The molecule has 0 fully saturated rings. The predicted molar refractivity (Wildman–Crippen MR) is 82.9 cm³/mol. The summed E-state index contributed by atoms with van der Waals surface area (Å²) >= 11 is 0. The molecule has 1 aliphatic heterocycles. The highest BCUT2D eigenvalue weighted by molar-refractivity contribution is 5.70. The minimum Gasteiger partial charge on any atom is -0.491 e. The van der Waals surface area contributed by atoms with E-state index in [0.717, 1.165) is 22.8 Å². The van der Waals surface area contributed by atoms with Crippen molar-refractivity contribution in [3.05, 3.63) is 36.3 Å². The molecule has 0 amide bonds. The highest BCUT2D eigenvalue weighted by Crippen LogP contribution is 2.26. The maximum atomic E-state index is 11.1. The number of carbonyl (C=O) groups is 1. The second-order valence-electron chi connectivity index (χ2n) is 5.95. The molecule has 1 aliphatic rings. The molecule has 0 saturated carbocycles. The van der Waals surface area contributed by atoms with Crippen LogP contribution in [0.4, 0.5) is 0 Å². The van der Waals surface area contributed by atoms with Gasteiger partial charge in [0.2, 0.25) is 0 Å². The highest BCUT2D eigenvalue weighted by Gasteiger charge is 2.25. The van der Waals surface area contributed by atoms with Crippen LogP contribution in [-0.4, -0.2) is 26.7 Å². The average molecular weight is 300 g/mol. The van der Waals surface area contributed by atoms with E-state index in [-0.39, 0.29) is 12.0 Å². The fraction of sp³-hybridized carbons (Fsp3) is 0.412. The van der Waals surface area contributed by atoms with E-state index in [2.05, 4.69) is 9.55 Å². The van der Waals surface area contributed by atoms with Crippen molar-refractivity contribution in [2.45, 2.75) is 39.3 Å². The van der Waals surface area contributed by atoms with Crippen molar-refractivity contribution in [3.8, 4) is 17.0 Å². The van der Waals surface area contributed by atoms with Crippen LogP contribution in [0.25, 0.3) is 11.3 Å². The van der Waals surface area contributed by atoms with Gasteiger partial charge in [0.05, 0.1) is 17.7 Å². The van der Waals surface area contributed by atoms with Crippen LogP contribution in [0.1, 0.15) is 26.1 Å². The van der Waals surface area contributed by atoms with Crippen LogP contribution < -0.4 is 4.74 Å². The third kappa shape index (κ3) is 2.98. The van der Waals surface area contributed by atoms with Gasteiger partial charge in [-0.1, -0.05) is 0 Å². The van der Waals surface area contributed by atoms with Crippen LogP contribution in [0.15, 0.2) is 30.5 Å². The van der Waals surface area contributed by atoms with Gasteiger partial charge in [0, 0.05) is 24.7 Å². The minimum absolute atomic E-state index is 0.152. The Hall–Kier alpha value is -2.30. The first-order valence-corrected chi connectivity index (χ1v) is 7.59. The molecule has 1 atom stereocenters. The average Bonchev–Trinajstić information content (AvgIpc) is 2.90. The van der Waals surface area contributed by atoms with E-state index in [4.69, 9.17) is 9.84 Å². The van der Waals surface area contributed by atoms with E-state index in [1.54, 1.807) is 0 Å². The van der Waals surface area contributed by atoms with E-state index >= 15 is 0 Å². The smallest absolute Gasteiger partial charge is 0.307 e. The number of hydrogen-bond donors (Lipinski definition) is 1. The van der Waals surface area contributed by atoms with Crippen molar-refractivity contribution >= 4 is 5.97 Å². The lowest BCUT2D eigenvalue weighted by atomic mass is 9.98. The molecule has 116 valence electrons. The number of nitrogens with zero attached hydrogens (tertiary/aromatic N) is 2. The van der Waals surface area contributed by atoms with Crippen LogP contribution >= 0.6 is 0 Å². The number of aryl methyl sites for hydroxylation is 1. The Morgan fingerprint density at radius 3 is 2.73 bits per heavy atom. The third-order valence-corrected chi connectivity index (χ3v) is 3.88. The molecule has 0 radical (unpaired) electrons. The molecule has 3 rings (SSSR count). The van der Waals surface area contributed by atoms with E-state index in [0.29, 0.717) is 19.4 Å². The van der Waals surface area contributed by atoms with Crippen LogP contribution in [0.2, 0.25) is 0 Å². The van der Waals surface area contributed by atoms with Gasteiger partial charge in [0.25, 0.3) is 0 Å². The topological polar surface area (TPSA) is 64.4 Å². The van der Waals surface area contributed by atoms with Gasteiger partial charge >= 0.3 is 5.97 Å². The highest BCUT2D eigenvalue weighted by atomic mass is 16.5. The molecule has 1 N–H and O–H groups in total. The van der Waals surface area contributed by atoms with Crippen molar-refractivity contribution in [1.82, 2.24) is 9.55 Å². The molecule has 0 saturated heterocycles. The number of imidazole rings is 1. The molecule has 1 aromatic carbocycles. The molecular weight excluding hydrogens is 280 g/mol. The molecule has 0 bridgehead atoms. The van der Waals surface area contributed by atoms with E-state index in [1.165, 1.54) is 0 Å². The molecule has 1 aromatic heterocycles. The maximum absolute atomic E-state index is 11.1. The quantitative estimate of drug-likeness (QED) is 0.942. The second-order valence-corrected chi connectivity index (χ2v) is 5.95. The Morgan fingerprint density at radius 2 is 2.09 bits per heavy atom. The summed E-state index contributed by atoms with van der Waals surface area (Å²) < 4.78 is 7.70. The zero-order valence-corrected chi connectivity index (χ0v) is 12.8. The summed E-state index contributed by atoms with van der Waals surface area (Å²) in [6.07, 6.45) is 3.33. The van der Waals surface area contributed by atoms with E-state index in [1.807, 2.05) is 44.3 Å². The second kappa shape index (κ2) is 5.83. The fourth-order valence-electron chi connectivity index (χ4n) is 2.75. The Kier molecular flexibility index (Phi) is 3.88. The molecular formula is C17H20N2O3. The molecule has 2 heterocycles. The third-order valence-electron chi connectivity index (χ3n) is 3.88. The van der Waals surface area contributed by atoms with Gasteiger partial charge in [-0.2, -0.15) is 0 Å². The number of aromatic nitrogens is 2. The lowest BCUT2D eigenvalue weighted by Gasteiger charge is -2.19. The first kappa shape index (κ1) is 14.6. The van der Waals surface area contributed by atoms with Crippen molar-refractivity contribution < 1.29 is 14.6 Å². The number of hydrogen-bond acceptors (Lipinski definition) is 3. The van der Waals surface area contributed by atoms with Gasteiger partial charge in [-0.05, 0) is 44.5 Å². The van der Waals surface area contributed by atoms with Crippen LogP contribution in [0.5, 0.6) is 5.75 Å². The summed E-state index contributed by atoms with van der Waals surface area (Å²) in [4.78, 5) is 15.7. The standard InChI is InChI=1S/C17H20N2O3/c1-11(2)22-14-5-3-12(4-6-14)15-10-19-8-7-13(17(20)21)9-16(19)18-15/h3-6,10-11,13H,7-9H2,1-2H3,(H,20,21). The van der Waals surface area contributed by atoms with Crippen molar-refractivity contribution in [3.63, 3.8) is 0 Å². The van der Waals surface area contributed by atoms with E-state index < -0.39 is 5.97 Å². The fourth-order valence-corrected chi connectivity index (χ4v) is 2.75. The number of ether oxygens (including phenoxy) is 1. The summed E-state index contributed by atoms with van der Waals surface area (Å²) in [6.45, 7) is 4.71. The zero-order chi connectivity index (χ0) is 15.7. The molecule has 5 nitrogen and oxygen atoms in total. The summed E-state index contributed by atoms with van der Waals surface area (Å²) in [5.74, 6) is 0.653. The summed E-state index contributed by atoms with van der Waals surface area (Å²) in [7, 11) is 0. The molecule has 2 aromatic rings. The van der Waals surface area contributed by atoms with Crippen molar-refractivity contribution in [2.75, 3.05) is 0 Å². The SMILES string of the molecule is CC(C)Oc1ccc(-c2cn3c(n2)CC(C(=O)O)CC3)cc1. The lowest BCUT2D eigenvalue weighted by molar-refractivity contribution is -0.142. The monoisotopic (exact) mass is 300 g/mol. The van der Waals surface area contributed by atoms with Crippen LogP contribution in [0.3, 0.4) is 0 Å². The van der Waals surface area contributed by atoms with Gasteiger partial charge in [-0.15, -0.1) is 0 Å². The molecule has 5 heteroatoms. The molecule has 0 aliphatic carbocycles. The molecule has 1 unspecified atom stereocenters. The van der Waals surface area contributed by atoms with Gasteiger partial charge < -0.3 is 14.4 Å². The Bertz CT molecular complexity index is 674. The molecule has 22 heavy (non-hydrogen) atoms. The maximum Gasteiger partial charge on any atom is 0.307 e. The number of carboxylic acid groups (broad SMARTS) is 1. The number of rotatable bonds is 4. The van der Waals surface area contributed by atoms with Gasteiger partial charge in [0.15, 0.2) is 0 Å². The lowest BCUT2D eigenvalue weighted by Crippen LogP contribution is -2.25. The number of fused-ring (bicyclic) bond motifs is 1. The first-order chi connectivity index (χ1) is 10.5. The number of benzene rings is 1. The Morgan fingerprint density at radius 1 is 1.36 bits per heavy atom.